The second-order valence-electron chi connectivity index (χ2n) is 7.37. The Bertz CT molecular complexity index is 285. The summed E-state index contributed by atoms with van der Waals surface area (Å²) in [5.74, 6) is 0.199. The van der Waals surface area contributed by atoms with E-state index in [0.717, 1.165) is 12.8 Å². The van der Waals surface area contributed by atoms with Gasteiger partial charge in [-0.2, -0.15) is 0 Å². The maximum Gasteiger partial charge on any atom is 0.309 e. The topological polar surface area (TPSA) is 26.3 Å². The second-order valence-corrected chi connectivity index (χ2v) is 7.37. The highest BCUT2D eigenvalue weighted by Gasteiger charge is 2.39. The molecule has 2 nitrogen and oxygen atoms in total. The van der Waals surface area contributed by atoms with E-state index < -0.39 is 0 Å². The lowest BCUT2D eigenvalue weighted by atomic mass is 9.63. The SMILES string of the molecule is CC(C)(C)OC(=O)C1CCC2(CCCCC2)CC1. The molecule has 2 aliphatic rings. The largest absolute Gasteiger partial charge is 0.460 e. The first-order valence-corrected chi connectivity index (χ1v) is 7.63. The van der Waals surface area contributed by atoms with Crippen LogP contribution in [0.1, 0.15) is 78.6 Å². The predicted molar refractivity (Wildman–Crippen MR) is 73.3 cm³/mol. The van der Waals surface area contributed by atoms with Crippen molar-refractivity contribution in [3.63, 3.8) is 0 Å². The lowest BCUT2D eigenvalue weighted by Crippen LogP contribution is -2.35. The molecule has 2 fully saturated rings. The molecule has 0 amide bonds. The highest BCUT2D eigenvalue weighted by Crippen LogP contribution is 2.49. The molecule has 2 aliphatic carbocycles. The van der Waals surface area contributed by atoms with Gasteiger partial charge in [-0.25, -0.2) is 0 Å². The van der Waals surface area contributed by atoms with E-state index in [2.05, 4.69) is 0 Å². The number of ether oxygens (including phenoxy) is 1. The molecule has 2 saturated carbocycles. The van der Waals surface area contributed by atoms with E-state index in [1.54, 1.807) is 0 Å². The molecule has 2 rings (SSSR count). The number of hydrogen-bond donors (Lipinski definition) is 0. The number of hydrogen-bond acceptors (Lipinski definition) is 2. The molecule has 0 radical (unpaired) electrons. The van der Waals surface area contributed by atoms with Gasteiger partial charge in [0.05, 0.1) is 5.92 Å². The molecule has 0 atom stereocenters. The molecule has 0 heterocycles. The van der Waals surface area contributed by atoms with Crippen molar-refractivity contribution in [2.24, 2.45) is 11.3 Å². The van der Waals surface area contributed by atoms with Crippen LogP contribution in [-0.4, -0.2) is 11.6 Å². The first-order chi connectivity index (χ1) is 8.40. The smallest absolute Gasteiger partial charge is 0.309 e. The van der Waals surface area contributed by atoms with Crippen molar-refractivity contribution >= 4 is 5.97 Å². The van der Waals surface area contributed by atoms with Gasteiger partial charge in [-0.15, -0.1) is 0 Å². The first-order valence-electron chi connectivity index (χ1n) is 7.63. The predicted octanol–water partition coefficient (Wildman–Crippen LogP) is 4.47. The molecule has 0 saturated heterocycles. The minimum Gasteiger partial charge on any atom is -0.460 e. The van der Waals surface area contributed by atoms with Crippen LogP contribution in [-0.2, 0) is 9.53 Å². The monoisotopic (exact) mass is 252 g/mol. The zero-order valence-corrected chi connectivity index (χ0v) is 12.3. The summed E-state index contributed by atoms with van der Waals surface area (Å²) in [6.45, 7) is 5.86. The Kier molecular flexibility index (Phi) is 4.03. The van der Waals surface area contributed by atoms with Gasteiger partial charge < -0.3 is 4.74 Å². The number of carbonyl (C=O) groups is 1. The van der Waals surface area contributed by atoms with Crippen LogP contribution in [0.2, 0.25) is 0 Å². The molecule has 1 spiro atoms. The summed E-state index contributed by atoms with van der Waals surface area (Å²) in [4.78, 5) is 12.1. The van der Waals surface area contributed by atoms with Gasteiger partial charge in [-0.1, -0.05) is 19.3 Å². The van der Waals surface area contributed by atoms with Crippen molar-refractivity contribution in [1.82, 2.24) is 0 Å². The van der Waals surface area contributed by atoms with E-state index in [1.165, 1.54) is 44.9 Å². The fourth-order valence-corrected chi connectivity index (χ4v) is 3.65. The first kappa shape index (κ1) is 13.9. The van der Waals surface area contributed by atoms with Gasteiger partial charge in [0.15, 0.2) is 0 Å². The molecule has 0 aromatic heterocycles. The minimum absolute atomic E-state index is 0.0353. The Morgan fingerprint density at radius 3 is 2.06 bits per heavy atom. The van der Waals surface area contributed by atoms with Gasteiger partial charge in [0.2, 0.25) is 0 Å². The Balaban J connectivity index is 1.84. The van der Waals surface area contributed by atoms with Gasteiger partial charge in [-0.05, 0) is 64.7 Å². The van der Waals surface area contributed by atoms with Crippen LogP contribution in [0.3, 0.4) is 0 Å². The lowest BCUT2D eigenvalue weighted by Gasteiger charge is -2.42. The van der Waals surface area contributed by atoms with Crippen LogP contribution in [0.15, 0.2) is 0 Å². The van der Waals surface area contributed by atoms with E-state index >= 15 is 0 Å². The van der Waals surface area contributed by atoms with Crippen LogP contribution in [0, 0.1) is 11.3 Å². The molecule has 0 aromatic carbocycles. The average Bonchev–Trinajstić information content (AvgIpc) is 2.28. The molecule has 0 bridgehead atoms. The molecule has 0 N–H and O–H groups in total. The van der Waals surface area contributed by atoms with E-state index in [4.69, 9.17) is 4.74 Å². The number of esters is 1. The van der Waals surface area contributed by atoms with Gasteiger partial charge in [0.1, 0.15) is 5.60 Å². The van der Waals surface area contributed by atoms with Crippen molar-refractivity contribution in [3.8, 4) is 0 Å². The van der Waals surface area contributed by atoms with Crippen LogP contribution in [0.4, 0.5) is 0 Å². The maximum atomic E-state index is 12.1. The second kappa shape index (κ2) is 5.22. The summed E-state index contributed by atoms with van der Waals surface area (Å²) in [5.41, 5.74) is 0.258. The molecular weight excluding hydrogens is 224 g/mol. The normalized spacial score (nSPS) is 25.1. The minimum atomic E-state index is -0.336. The Morgan fingerprint density at radius 2 is 1.56 bits per heavy atom. The van der Waals surface area contributed by atoms with Crippen LogP contribution in [0.25, 0.3) is 0 Å². The fraction of sp³-hybridized carbons (Fsp3) is 0.938. The molecule has 18 heavy (non-hydrogen) atoms. The average molecular weight is 252 g/mol. The third-order valence-electron chi connectivity index (χ3n) is 4.70. The summed E-state index contributed by atoms with van der Waals surface area (Å²) in [6, 6.07) is 0. The van der Waals surface area contributed by atoms with Gasteiger partial charge in [0.25, 0.3) is 0 Å². The molecule has 0 unspecified atom stereocenters. The summed E-state index contributed by atoms with van der Waals surface area (Å²) in [7, 11) is 0. The third kappa shape index (κ3) is 3.49. The summed E-state index contributed by atoms with van der Waals surface area (Å²) >= 11 is 0. The zero-order chi connectivity index (χ0) is 13.2. The van der Waals surface area contributed by atoms with Gasteiger partial charge in [0, 0.05) is 0 Å². The highest BCUT2D eigenvalue weighted by molar-refractivity contribution is 5.73. The Hall–Kier alpha value is -0.530. The number of rotatable bonds is 1. The van der Waals surface area contributed by atoms with Crippen molar-refractivity contribution in [1.29, 1.82) is 0 Å². The fourth-order valence-electron chi connectivity index (χ4n) is 3.65. The van der Waals surface area contributed by atoms with Crippen LogP contribution in [0.5, 0.6) is 0 Å². The molecule has 0 aromatic rings. The van der Waals surface area contributed by atoms with Gasteiger partial charge >= 0.3 is 5.97 Å². The summed E-state index contributed by atoms with van der Waals surface area (Å²) in [6.07, 6.45) is 11.6. The van der Waals surface area contributed by atoms with Crippen molar-refractivity contribution in [2.75, 3.05) is 0 Å². The van der Waals surface area contributed by atoms with Crippen LogP contribution >= 0.6 is 0 Å². The lowest BCUT2D eigenvalue weighted by molar-refractivity contribution is -0.162. The van der Waals surface area contributed by atoms with Crippen molar-refractivity contribution in [3.05, 3.63) is 0 Å². The van der Waals surface area contributed by atoms with E-state index in [9.17, 15) is 4.79 Å². The molecular formula is C16H28O2. The Morgan fingerprint density at radius 1 is 1.00 bits per heavy atom. The zero-order valence-electron chi connectivity index (χ0n) is 12.3. The standard InChI is InChI=1S/C16H28O2/c1-15(2,3)18-14(17)13-7-11-16(12-8-13)9-5-4-6-10-16/h13H,4-12H2,1-3H3. The van der Waals surface area contributed by atoms with Crippen LogP contribution < -0.4 is 0 Å². The van der Waals surface area contributed by atoms with Crippen molar-refractivity contribution in [2.45, 2.75) is 84.2 Å². The van der Waals surface area contributed by atoms with Gasteiger partial charge in [-0.3, -0.25) is 4.79 Å². The number of carbonyl (C=O) groups excluding carboxylic acids is 1. The third-order valence-corrected chi connectivity index (χ3v) is 4.70. The van der Waals surface area contributed by atoms with Crippen molar-refractivity contribution < 1.29 is 9.53 Å². The maximum absolute atomic E-state index is 12.1. The summed E-state index contributed by atoms with van der Waals surface area (Å²) < 4.78 is 5.51. The molecule has 0 aliphatic heterocycles. The van der Waals surface area contributed by atoms with E-state index in [-0.39, 0.29) is 17.5 Å². The highest BCUT2D eigenvalue weighted by atomic mass is 16.6. The quantitative estimate of drug-likeness (QED) is 0.644. The molecule has 2 heteroatoms. The van der Waals surface area contributed by atoms with E-state index in [1.807, 2.05) is 20.8 Å². The Labute approximate surface area is 111 Å². The molecule has 104 valence electrons. The summed E-state index contributed by atoms with van der Waals surface area (Å²) in [5, 5.41) is 0. The van der Waals surface area contributed by atoms with E-state index in [0.29, 0.717) is 5.41 Å².